The predicted octanol–water partition coefficient (Wildman–Crippen LogP) is 1.36. The first-order valence-electron chi connectivity index (χ1n) is 4.31. The summed E-state index contributed by atoms with van der Waals surface area (Å²) in [5, 5.41) is 0. The van der Waals surface area contributed by atoms with E-state index < -0.39 is 0 Å². The van der Waals surface area contributed by atoms with Gasteiger partial charge in [-0.1, -0.05) is 6.92 Å². The summed E-state index contributed by atoms with van der Waals surface area (Å²) in [5.41, 5.74) is 0.273. The lowest BCUT2D eigenvalue weighted by Crippen LogP contribution is -2.46. The molecule has 1 saturated heterocycles. The minimum Gasteiger partial charge on any atom is -0.383 e. The van der Waals surface area contributed by atoms with Gasteiger partial charge in [0.15, 0.2) is 0 Å². The summed E-state index contributed by atoms with van der Waals surface area (Å²) in [5.74, 6) is 0.757. The normalized spacial score (nSPS) is 39.8. The van der Waals surface area contributed by atoms with E-state index in [4.69, 9.17) is 4.74 Å². The van der Waals surface area contributed by atoms with E-state index in [1.807, 2.05) is 0 Å². The number of methoxy groups -OCH3 is 1. The monoisotopic (exact) mass is 157 g/mol. The van der Waals surface area contributed by atoms with Gasteiger partial charge in [-0.25, -0.2) is 0 Å². The molecule has 66 valence electrons. The summed E-state index contributed by atoms with van der Waals surface area (Å²) in [7, 11) is 3.96. The van der Waals surface area contributed by atoms with Crippen molar-refractivity contribution in [2.75, 3.05) is 27.3 Å². The molecule has 1 heterocycles. The Morgan fingerprint density at radius 2 is 2.27 bits per heavy atom. The van der Waals surface area contributed by atoms with Crippen molar-refractivity contribution in [3.05, 3.63) is 0 Å². The summed E-state index contributed by atoms with van der Waals surface area (Å²) in [6, 6.07) is 0. The quantitative estimate of drug-likeness (QED) is 0.600. The molecule has 0 aromatic carbocycles. The third-order valence-corrected chi connectivity index (χ3v) is 3.27. The van der Waals surface area contributed by atoms with Gasteiger partial charge in [-0.3, -0.25) is 4.90 Å². The lowest BCUT2D eigenvalue weighted by molar-refractivity contribution is 0.0437. The molecule has 0 N–H and O–H groups in total. The number of hydrogen-bond acceptors (Lipinski definition) is 2. The van der Waals surface area contributed by atoms with Gasteiger partial charge in [0, 0.05) is 12.6 Å². The molecule has 0 bridgehead atoms. The molecule has 0 aromatic rings. The van der Waals surface area contributed by atoms with E-state index in [9.17, 15) is 0 Å². The molecule has 1 aliphatic rings. The van der Waals surface area contributed by atoms with Crippen LogP contribution in [0.1, 0.15) is 20.3 Å². The van der Waals surface area contributed by atoms with Crippen LogP contribution < -0.4 is 0 Å². The van der Waals surface area contributed by atoms with Gasteiger partial charge < -0.3 is 4.74 Å². The second-order valence-electron chi connectivity index (χ2n) is 3.90. The van der Waals surface area contributed by atoms with Crippen LogP contribution in [0.5, 0.6) is 0 Å². The number of rotatable bonds is 2. The van der Waals surface area contributed by atoms with Gasteiger partial charge in [0.1, 0.15) is 0 Å². The zero-order valence-corrected chi connectivity index (χ0v) is 8.05. The molecule has 0 saturated carbocycles. The highest BCUT2D eigenvalue weighted by Crippen LogP contribution is 2.32. The predicted molar refractivity (Wildman–Crippen MR) is 46.7 cm³/mol. The summed E-state index contributed by atoms with van der Waals surface area (Å²) in [6.07, 6.45) is 1.30. The molecule has 2 nitrogen and oxygen atoms in total. The highest BCUT2D eigenvalue weighted by atomic mass is 16.5. The lowest BCUT2D eigenvalue weighted by atomic mass is 9.89. The number of ether oxygens (including phenoxy) is 1. The highest BCUT2D eigenvalue weighted by molar-refractivity contribution is 4.94. The van der Waals surface area contributed by atoms with E-state index in [0.717, 1.165) is 12.5 Å². The molecular weight excluding hydrogens is 138 g/mol. The van der Waals surface area contributed by atoms with E-state index in [-0.39, 0.29) is 5.54 Å². The third kappa shape index (κ3) is 1.42. The van der Waals surface area contributed by atoms with Gasteiger partial charge in [0.2, 0.25) is 0 Å². The molecule has 1 fully saturated rings. The van der Waals surface area contributed by atoms with E-state index in [1.54, 1.807) is 7.11 Å². The molecule has 0 aromatic heterocycles. The van der Waals surface area contributed by atoms with E-state index in [1.165, 1.54) is 13.0 Å². The Hall–Kier alpha value is -0.0800. The largest absolute Gasteiger partial charge is 0.383 e. The van der Waals surface area contributed by atoms with Crippen molar-refractivity contribution in [1.82, 2.24) is 4.90 Å². The van der Waals surface area contributed by atoms with Crippen LogP contribution >= 0.6 is 0 Å². The summed E-state index contributed by atoms with van der Waals surface area (Å²) in [6.45, 7) is 6.66. The standard InChI is InChI=1S/C9H19NO/c1-8-5-6-10(3)9(8,2)7-11-4/h8H,5-7H2,1-4H3/t8-,9+/m0/s1. The Morgan fingerprint density at radius 1 is 1.64 bits per heavy atom. The zero-order chi connectivity index (χ0) is 8.48. The fourth-order valence-electron chi connectivity index (χ4n) is 1.87. The second kappa shape index (κ2) is 3.11. The first kappa shape index (κ1) is 9.01. The summed E-state index contributed by atoms with van der Waals surface area (Å²) < 4.78 is 5.23. The SMILES string of the molecule is COC[C@]1(C)[C@@H](C)CCN1C. The number of likely N-dealkylation sites (tertiary alicyclic amines) is 1. The van der Waals surface area contributed by atoms with Crippen molar-refractivity contribution < 1.29 is 4.74 Å². The number of nitrogens with zero attached hydrogens (tertiary/aromatic N) is 1. The maximum atomic E-state index is 5.23. The number of likely N-dealkylation sites (N-methyl/N-ethyl adjacent to an activating group) is 1. The van der Waals surface area contributed by atoms with Crippen LogP contribution in [-0.4, -0.2) is 37.7 Å². The van der Waals surface area contributed by atoms with Gasteiger partial charge in [-0.2, -0.15) is 0 Å². The van der Waals surface area contributed by atoms with Crippen molar-refractivity contribution in [2.45, 2.75) is 25.8 Å². The lowest BCUT2D eigenvalue weighted by Gasteiger charge is -2.35. The summed E-state index contributed by atoms with van der Waals surface area (Å²) in [4.78, 5) is 2.40. The Labute approximate surface area is 69.5 Å². The van der Waals surface area contributed by atoms with Crippen LogP contribution in [0.25, 0.3) is 0 Å². The third-order valence-electron chi connectivity index (χ3n) is 3.27. The van der Waals surface area contributed by atoms with Gasteiger partial charge in [0.05, 0.1) is 6.61 Å². The molecule has 1 rings (SSSR count). The van der Waals surface area contributed by atoms with E-state index in [2.05, 4.69) is 25.8 Å². The van der Waals surface area contributed by atoms with E-state index >= 15 is 0 Å². The highest BCUT2D eigenvalue weighted by Gasteiger charge is 2.40. The van der Waals surface area contributed by atoms with Crippen LogP contribution in [0.2, 0.25) is 0 Å². The zero-order valence-electron chi connectivity index (χ0n) is 8.05. The average molecular weight is 157 g/mol. The van der Waals surface area contributed by atoms with Crippen LogP contribution in [0, 0.1) is 5.92 Å². The molecule has 0 spiro atoms. The first-order valence-corrected chi connectivity index (χ1v) is 4.31. The first-order chi connectivity index (χ1) is 5.11. The molecule has 2 heteroatoms. The van der Waals surface area contributed by atoms with Crippen molar-refractivity contribution in [2.24, 2.45) is 5.92 Å². The Kier molecular flexibility index (Phi) is 2.55. The molecule has 0 aliphatic carbocycles. The molecule has 11 heavy (non-hydrogen) atoms. The van der Waals surface area contributed by atoms with Gasteiger partial charge in [0.25, 0.3) is 0 Å². The Bertz CT molecular complexity index is 126. The van der Waals surface area contributed by atoms with Crippen molar-refractivity contribution in [3.8, 4) is 0 Å². The topological polar surface area (TPSA) is 12.5 Å². The Morgan fingerprint density at radius 3 is 2.64 bits per heavy atom. The molecule has 1 aliphatic heterocycles. The van der Waals surface area contributed by atoms with Crippen LogP contribution in [0.4, 0.5) is 0 Å². The Balaban J connectivity index is 2.63. The fraction of sp³-hybridized carbons (Fsp3) is 1.00. The molecule has 2 atom stereocenters. The van der Waals surface area contributed by atoms with Crippen molar-refractivity contribution in [3.63, 3.8) is 0 Å². The maximum Gasteiger partial charge on any atom is 0.0646 e. The second-order valence-corrected chi connectivity index (χ2v) is 3.90. The molecule has 0 unspecified atom stereocenters. The summed E-state index contributed by atoms with van der Waals surface area (Å²) >= 11 is 0. The minimum atomic E-state index is 0.273. The minimum absolute atomic E-state index is 0.273. The maximum absolute atomic E-state index is 5.23. The van der Waals surface area contributed by atoms with Gasteiger partial charge in [-0.05, 0) is 32.9 Å². The van der Waals surface area contributed by atoms with Crippen molar-refractivity contribution in [1.29, 1.82) is 0 Å². The average Bonchev–Trinajstić information content (AvgIpc) is 2.19. The van der Waals surface area contributed by atoms with Crippen LogP contribution in [0.15, 0.2) is 0 Å². The molecule has 0 radical (unpaired) electrons. The number of hydrogen-bond donors (Lipinski definition) is 0. The van der Waals surface area contributed by atoms with Crippen molar-refractivity contribution >= 4 is 0 Å². The van der Waals surface area contributed by atoms with Crippen LogP contribution in [0.3, 0.4) is 0 Å². The fourth-order valence-corrected chi connectivity index (χ4v) is 1.87. The van der Waals surface area contributed by atoms with E-state index in [0.29, 0.717) is 0 Å². The van der Waals surface area contributed by atoms with Gasteiger partial charge >= 0.3 is 0 Å². The smallest absolute Gasteiger partial charge is 0.0646 e. The van der Waals surface area contributed by atoms with Crippen LogP contribution in [-0.2, 0) is 4.74 Å². The molecule has 0 amide bonds. The van der Waals surface area contributed by atoms with Gasteiger partial charge in [-0.15, -0.1) is 0 Å². The molecular formula is C9H19NO.